The molecule has 6 heteroatoms. The lowest BCUT2D eigenvalue weighted by atomic mass is 10.2. The number of imidazole rings is 1. The zero-order valence-corrected chi connectivity index (χ0v) is 16.7. The molecule has 29 heavy (non-hydrogen) atoms. The van der Waals surface area contributed by atoms with Crippen LogP contribution in [0.5, 0.6) is 0 Å². The molecule has 4 aromatic rings. The van der Waals surface area contributed by atoms with Crippen molar-refractivity contribution in [3.05, 3.63) is 83.9 Å². The van der Waals surface area contributed by atoms with E-state index >= 15 is 0 Å². The molecule has 0 aliphatic rings. The fraction of sp³-hybridized carbons (Fsp3) is 0.130. The van der Waals surface area contributed by atoms with Gasteiger partial charge >= 0.3 is 0 Å². The molecule has 0 unspecified atom stereocenters. The Balaban J connectivity index is 1.67. The largest absolute Gasteiger partial charge is 0.277 e. The number of fused-ring (bicyclic) bond motifs is 1. The molecule has 0 amide bonds. The Bertz CT molecular complexity index is 1220. The zero-order valence-electron chi connectivity index (χ0n) is 16.7. The van der Waals surface area contributed by atoms with Crippen molar-refractivity contribution in [2.24, 2.45) is 15.3 Å². The molecule has 0 bridgehead atoms. The summed E-state index contributed by atoms with van der Waals surface area (Å²) in [7, 11) is 0. The van der Waals surface area contributed by atoms with Crippen molar-refractivity contribution in [1.82, 2.24) is 9.55 Å². The van der Waals surface area contributed by atoms with Crippen molar-refractivity contribution in [2.45, 2.75) is 20.8 Å². The molecular formula is C23H22N6. The summed E-state index contributed by atoms with van der Waals surface area (Å²) < 4.78 is 2.01. The van der Waals surface area contributed by atoms with E-state index in [-0.39, 0.29) is 0 Å². The predicted octanol–water partition coefficient (Wildman–Crippen LogP) is 6.17. The first-order valence-electron chi connectivity index (χ1n) is 9.43. The highest BCUT2D eigenvalue weighted by molar-refractivity contribution is 5.82. The lowest BCUT2D eigenvalue weighted by molar-refractivity contribution is 1.03. The third-order valence-corrected chi connectivity index (χ3v) is 4.45. The van der Waals surface area contributed by atoms with Gasteiger partial charge in [0.15, 0.2) is 5.84 Å². The van der Waals surface area contributed by atoms with Crippen molar-refractivity contribution >= 4 is 28.5 Å². The molecule has 0 radical (unpaired) electrons. The Kier molecular flexibility index (Phi) is 5.16. The van der Waals surface area contributed by atoms with Gasteiger partial charge in [-0.2, -0.15) is 5.10 Å². The number of rotatable bonds is 4. The quantitative estimate of drug-likeness (QED) is 0.198. The second kappa shape index (κ2) is 8.06. The summed E-state index contributed by atoms with van der Waals surface area (Å²) in [5.41, 5.74) is 9.11. The summed E-state index contributed by atoms with van der Waals surface area (Å²) in [5.74, 6) is 1.02. The van der Waals surface area contributed by atoms with Crippen molar-refractivity contribution in [3.63, 3.8) is 0 Å². The molecule has 4 rings (SSSR count). The third-order valence-electron chi connectivity index (χ3n) is 4.45. The number of aromatic nitrogens is 2. The van der Waals surface area contributed by atoms with Crippen LogP contribution in [0.4, 0.5) is 11.6 Å². The summed E-state index contributed by atoms with van der Waals surface area (Å²) in [6.07, 6.45) is 0. The summed E-state index contributed by atoms with van der Waals surface area (Å²) >= 11 is 0. The number of hydrogen-bond donors (Lipinski definition) is 1. The van der Waals surface area contributed by atoms with Crippen LogP contribution in [0.1, 0.15) is 18.1 Å². The van der Waals surface area contributed by atoms with E-state index in [2.05, 4.69) is 44.8 Å². The molecule has 3 aromatic carbocycles. The van der Waals surface area contributed by atoms with Crippen LogP contribution in [0.3, 0.4) is 0 Å². The smallest absolute Gasteiger partial charge is 0.255 e. The zero-order chi connectivity index (χ0) is 20.2. The van der Waals surface area contributed by atoms with E-state index in [1.54, 1.807) is 6.92 Å². The van der Waals surface area contributed by atoms with Gasteiger partial charge in [0.1, 0.15) is 0 Å². The summed E-state index contributed by atoms with van der Waals surface area (Å²) in [5, 5.41) is 12.9. The number of amidine groups is 1. The highest BCUT2D eigenvalue weighted by atomic mass is 15.3. The van der Waals surface area contributed by atoms with E-state index in [0.29, 0.717) is 11.8 Å². The third kappa shape index (κ3) is 4.21. The fourth-order valence-electron chi connectivity index (χ4n) is 3.10. The topological polar surface area (TPSA) is 66.9 Å². The van der Waals surface area contributed by atoms with Gasteiger partial charge in [0, 0.05) is 5.69 Å². The Morgan fingerprint density at radius 1 is 0.897 bits per heavy atom. The van der Waals surface area contributed by atoms with E-state index in [1.807, 2.05) is 72.2 Å². The number of hydrazone groups is 1. The maximum atomic E-state index is 4.65. The SMILES string of the molecule is C/C(N=Nc1nc2ccccc2n1-c1cccc(C)c1)=N/Nc1cccc(C)c1. The second-order valence-corrected chi connectivity index (χ2v) is 6.92. The molecule has 0 spiro atoms. The molecule has 1 heterocycles. The first kappa shape index (κ1) is 18.6. The van der Waals surface area contributed by atoms with Crippen LogP contribution in [-0.2, 0) is 0 Å². The highest BCUT2D eigenvalue weighted by Gasteiger charge is 2.12. The van der Waals surface area contributed by atoms with Crippen LogP contribution in [0.25, 0.3) is 16.7 Å². The van der Waals surface area contributed by atoms with Gasteiger partial charge in [0.2, 0.25) is 0 Å². The lowest BCUT2D eigenvalue weighted by Crippen LogP contribution is -1.96. The van der Waals surface area contributed by atoms with Crippen molar-refractivity contribution < 1.29 is 0 Å². The van der Waals surface area contributed by atoms with Gasteiger partial charge in [-0.05, 0) is 68.3 Å². The average molecular weight is 382 g/mol. The molecule has 0 saturated heterocycles. The number of nitrogens with one attached hydrogen (secondary N) is 1. The van der Waals surface area contributed by atoms with Crippen LogP contribution in [0.15, 0.2) is 88.1 Å². The number of benzene rings is 3. The molecule has 0 atom stereocenters. The first-order chi connectivity index (χ1) is 14.1. The number of azo groups is 1. The minimum absolute atomic E-state index is 0.509. The Labute approximate surface area is 169 Å². The Hall–Kier alpha value is -3.80. The van der Waals surface area contributed by atoms with Gasteiger partial charge < -0.3 is 0 Å². The monoisotopic (exact) mass is 382 g/mol. The van der Waals surface area contributed by atoms with E-state index < -0.39 is 0 Å². The lowest BCUT2D eigenvalue weighted by Gasteiger charge is -2.07. The maximum absolute atomic E-state index is 4.65. The van der Waals surface area contributed by atoms with Crippen molar-refractivity contribution in [2.75, 3.05) is 5.43 Å². The number of anilines is 1. The molecule has 144 valence electrons. The normalized spacial score (nSPS) is 12.0. The van der Waals surface area contributed by atoms with Gasteiger partial charge in [-0.15, -0.1) is 10.2 Å². The standard InChI is InChI=1S/C23H22N6/c1-16-8-6-10-19(14-16)27-25-18(3)26-28-23-24-21-12-4-5-13-22(21)29(23)20-11-7-9-17(2)15-20/h4-15,27H,1-3H3/b25-18-,28-26?. The first-order valence-corrected chi connectivity index (χ1v) is 9.43. The second-order valence-electron chi connectivity index (χ2n) is 6.92. The molecular weight excluding hydrogens is 360 g/mol. The average Bonchev–Trinajstić information content (AvgIpc) is 3.09. The van der Waals surface area contributed by atoms with Gasteiger partial charge in [0.25, 0.3) is 5.95 Å². The summed E-state index contributed by atoms with van der Waals surface area (Å²) in [4.78, 5) is 4.65. The van der Waals surface area contributed by atoms with Crippen LogP contribution in [-0.4, -0.2) is 15.4 Å². The van der Waals surface area contributed by atoms with Crippen LogP contribution >= 0.6 is 0 Å². The van der Waals surface area contributed by atoms with Gasteiger partial charge in [0.05, 0.1) is 16.7 Å². The maximum Gasteiger partial charge on any atom is 0.255 e. The van der Waals surface area contributed by atoms with Gasteiger partial charge in [-0.3, -0.25) is 9.99 Å². The number of aryl methyl sites for hydroxylation is 2. The molecule has 0 aliphatic heterocycles. The predicted molar refractivity (Wildman–Crippen MR) is 118 cm³/mol. The molecule has 0 saturated carbocycles. The number of para-hydroxylation sites is 2. The van der Waals surface area contributed by atoms with E-state index in [1.165, 1.54) is 5.56 Å². The van der Waals surface area contributed by atoms with E-state index in [0.717, 1.165) is 28.0 Å². The Morgan fingerprint density at radius 2 is 1.66 bits per heavy atom. The highest BCUT2D eigenvalue weighted by Crippen LogP contribution is 2.27. The van der Waals surface area contributed by atoms with Crippen LogP contribution < -0.4 is 5.43 Å². The molecule has 6 nitrogen and oxygen atoms in total. The molecule has 0 fully saturated rings. The summed E-state index contributed by atoms with van der Waals surface area (Å²) in [6.45, 7) is 5.90. The number of hydrogen-bond acceptors (Lipinski definition) is 4. The molecule has 1 aromatic heterocycles. The van der Waals surface area contributed by atoms with E-state index in [4.69, 9.17) is 0 Å². The minimum atomic E-state index is 0.509. The van der Waals surface area contributed by atoms with Gasteiger partial charge in [-0.25, -0.2) is 4.98 Å². The van der Waals surface area contributed by atoms with Crippen LogP contribution in [0, 0.1) is 13.8 Å². The van der Waals surface area contributed by atoms with Crippen molar-refractivity contribution in [1.29, 1.82) is 0 Å². The summed E-state index contributed by atoms with van der Waals surface area (Å²) in [6, 6.07) is 24.2. The minimum Gasteiger partial charge on any atom is -0.277 e. The molecule has 0 aliphatic carbocycles. The van der Waals surface area contributed by atoms with E-state index in [9.17, 15) is 0 Å². The van der Waals surface area contributed by atoms with Crippen LogP contribution in [0.2, 0.25) is 0 Å². The fourth-order valence-corrected chi connectivity index (χ4v) is 3.10. The van der Waals surface area contributed by atoms with Crippen molar-refractivity contribution in [3.8, 4) is 5.69 Å². The molecule has 1 N–H and O–H groups in total. The number of nitrogens with zero attached hydrogens (tertiary/aromatic N) is 5. The Morgan fingerprint density at radius 3 is 2.45 bits per heavy atom. The van der Waals surface area contributed by atoms with Gasteiger partial charge in [-0.1, -0.05) is 36.4 Å².